The van der Waals surface area contributed by atoms with Crippen LogP contribution in [0, 0.1) is 21.8 Å². The Kier molecular flexibility index (Phi) is 5.59. The maximum Gasteiger partial charge on any atom is 0.251 e. The van der Waals surface area contributed by atoms with Crippen LogP contribution >= 0.6 is 22.6 Å². The van der Waals surface area contributed by atoms with Crippen molar-refractivity contribution < 1.29 is 4.79 Å². The molecule has 3 rings (SSSR count). The van der Waals surface area contributed by atoms with Crippen molar-refractivity contribution in [3.8, 4) is 6.07 Å². The van der Waals surface area contributed by atoms with Crippen LogP contribution in [0.5, 0.6) is 0 Å². The van der Waals surface area contributed by atoms with Gasteiger partial charge in [-0.2, -0.15) is 5.26 Å². The van der Waals surface area contributed by atoms with Gasteiger partial charge in [-0.15, -0.1) is 0 Å². The molecule has 2 aromatic rings. The molecule has 128 valence electrons. The number of nitriles is 1. The molecule has 0 spiro atoms. The first-order valence-electron chi connectivity index (χ1n) is 8.39. The molecule has 0 atom stereocenters. The lowest BCUT2D eigenvalue weighted by Crippen LogP contribution is -2.44. The quantitative estimate of drug-likeness (QED) is 0.730. The van der Waals surface area contributed by atoms with Crippen molar-refractivity contribution in [2.24, 2.45) is 0 Å². The molecule has 0 bridgehead atoms. The van der Waals surface area contributed by atoms with Crippen LogP contribution < -0.4 is 10.2 Å². The Hall–Kier alpha value is -2.07. The van der Waals surface area contributed by atoms with Crippen LogP contribution in [0.3, 0.4) is 0 Å². The van der Waals surface area contributed by atoms with Crippen LogP contribution in [0.4, 0.5) is 5.69 Å². The average Bonchev–Trinajstić information content (AvgIpc) is 2.64. The van der Waals surface area contributed by atoms with E-state index in [9.17, 15) is 4.79 Å². The summed E-state index contributed by atoms with van der Waals surface area (Å²) in [5.74, 6) is 0.0105. The fourth-order valence-electron chi connectivity index (χ4n) is 3.08. The Balaban J connectivity index is 1.56. The highest BCUT2D eigenvalue weighted by Gasteiger charge is 2.21. The lowest BCUT2D eigenvalue weighted by molar-refractivity contribution is 0.0931. The molecule has 1 amide bonds. The van der Waals surface area contributed by atoms with E-state index in [1.807, 2.05) is 49.4 Å². The number of carbonyl (C=O) groups excluding carboxylic acids is 1. The Morgan fingerprint density at radius 3 is 2.48 bits per heavy atom. The Morgan fingerprint density at radius 2 is 1.88 bits per heavy atom. The largest absolute Gasteiger partial charge is 0.371 e. The molecule has 1 saturated heterocycles. The van der Waals surface area contributed by atoms with Crippen molar-refractivity contribution in [1.82, 2.24) is 5.32 Å². The van der Waals surface area contributed by atoms with Gasteiger partial charge in [-0.25, -0.2) is 0 Å². The van der Waals surface area contributed by atoms with Crippen molar-refractivity contribution >= 4 is 34.2 Å². The number of carbonyl (C=O) groups is 1. The molecule has 25 heavy (non-hydrogen) atoms. The first kappa shape index (κ1) is 17.7. The fourth-order valence-corrected chi connectivity index (χ4v) is 3.42. The molecule has 1 aliphatic rings. The Bertz CT molecular complexity index is 803. The molecular formula is C20H20IN3O. The van der Waals surface area contributed by atoms with E-state index in [1.165, 1.54) is 3.57 Å². The summed E-state index contributed by atoms with van der Waals surface area (Å²) < 4.78 is 1.17. The zero-order valence-corrected chi connectivity index (χ0v) is 16.3. The molecule has 1 fully saturated rings. The molecule has 1 heterocycles. The van der Waals surface area contributed by atoms with Gasteiger partial charge in [-0.1, -0.05) is 0 Å². The lowest BCUT2D eigenvalue weighted by atomic mass is 10.0. The third kappa shape index (κ3) is 4.31. The van der Waals surface area contributed by atoms with E-state index in [1.54, 1.807) is 0 Å². The summed E-state index contributed by atoms with van der Waals surface area (Å²) in [6, 6.07) is 15.9. The maximum atomic E-state index is 12.4. The summed E-state index contributed by atoms with van der Waals surface area (Å²) >= 11 is 2.28. The highest BCUT2D eigenvalue weighted by atomic mass is 127. The number of hydrogen-bond donors (Lipinski definition) is 1. The zero-order chi connectivity index (χ0) is 17.8. The SMILES string of the molecule is Cc1cc(C(=O)NC2CCN(c3ccc(C#N)cc3)CC2)ccc1I. The first-order chi connectivity index (χ1) is 12.1. The molecule has 0 aliphatic carbocycles. The second kappa shape index (κ2) is 7.87. The molecule has 0 unspecified atom stereocenters. The number of hydrogen-bond acceptors (Lipinski definition) is 3. The number of aryl methyl sites for hydroxylation is 1. The van der Waals surface area contributed by atoms with E-state index >= 15 is 0 Å². The molecule has 4 nitrogen and oxygen atoms in total. The van der Waals surface area contributed by atoms with E-state index in [0.717, 1.165) is 42.7 Å². The Labute approximate surface area is 162 Å². The predicted octanol–water partition coefficient (Wildman–Crippen LogP) is 3.87. The number of piperidine rings is 1. The minimum absolute atomic E-state index is 0.0105. The minimum atomic E-state index is 0.0105. The summed E-state index contributed by atoms with van der Waals surface area (Å²) in [5, 5.41) is 12.0. The highest BCUT2D eigenvalue weighted by molar-refractivity contribution is 14.1. The molecule has 0 saturated carbocycles. The van der Waals surface area contributed by atoms with Crippen LogP contribution in [0.2, 0.25) is 0 Å². The smallest absolute Gasteiger partial charge is 0.251 e. The standard InChI is InChI=1S/C20H20IN3O/c1-14-12-16(4-7-19(14)21)20(25)23-17-8-10-24(11-9-17)18-5-2-15(13-22)3-6-18/h2-7,12,17H,8-11H2,1H3,(H,23,25). The topological polar surface area (TPSA) is 56.1 Å². The van der Waals surface area contributed by atoms with Crippen LogP contribution in [0.15, 0.2) is 42.5 Å². The molecule has 2 aromatic carbocycles. The minimum Gasteiger partial charge on any atom is -0.371 e. The van der Waals surface area contributed by atoms with Crippen LogP contribution in [-0.4, -0.2) is 25.0 Å². The zero-order valence-electron chi connectivity index (χ0n) is 14.1. The second-order valence-electron chi connectivity index (χ2n) is 6.36. The molecular weight excluding hydrogens is 425 g/mol. The van der Waals surface area contributed by atoms with Gasteiger partial charge < -0.3 is 10.2 Å². The van der Waals surface area contributed by atoms with E-state index < -0.39 is 0 Å². The predicted molar refractivity (Wildman–Crippen MR) is 108 cm³/mol. The third-order valence-electron chi connectivity index (χ3n) is 4.61. The van der Waals surface area contributed by atoms with Gasteiger partial charge in [0.1, 0.15) is 0 Å². The first-order valence-corrected chi connectivity index (χ1v) is 9.47. The summed E-state index contributed by atoms with van der Waals surface area (Å²) in [7, 11) is 0. The molecule has 1 N–H and O–H groups in total. The number of rotatable bonds is 3. The molecule has 0 radical (unpaired) electrons. The van der Waals surface area contributed by atoms with E-state index in [-0.39, 0.29) is 11.9 Å². The highest BCUT2D eigenvalue weighted by Crippen LogP contribution is 2.21. The van der Waals surface area contributed by atoms with Crippen molar-refractivity contribution in [3.05, 3.63) is 62.7 Å². The molecule has 0 aromatic heterocycles. The van der Waals surface area contributed by atoms with Gasteiger partial charge in [-0.05, 0) is 90.4 Å². The number of halogens is 1. The summed E-state index contributed by atoms with van der Waals surface area (Å²) in [6.07, 6.45) is 1.85. The van der Waals surface area contributed by atoms with Crippen LogP contribution in [-0.2, 0) is 0 Å². The van der Waals surface area contributed by atoms with Crippen molar-refractivity contribution in [2.45, 2.75) is 25.8 Å². The van der Waals surface area contributed by atoms with Crippen molar-refractivity contribution in [2.75, 3.05) is 18.0 Å². The third-order valence-corrected chi connectivity index (χ3v) is 5.82. The van der Waals surface area contributed by atoms with Gasteiger partial charge in [0.05, 0.1) is 11.6 Å². The number of nitrogens with one attached hydrogen (secondary N) is 1. The van der Waals surface area contributed by atoms with Crippen molar-refractivity contribution in [3.63, 3.8) is 0 Å². The van der Waals surface area contributed by atoms with Gasteiger partial charge >= 0.3 is 0 Å². The van der Waals surface area contributed by atoms with Gasteiger partial charge in [0.2, 0.25) is 0 Å². The van der Waals surface area contributed by atoms with Gasteiger partial charge in [-0.3, -0.25) is 4.79 Å². The lowest BCUT2D eigenvalue weighted by Gasteiger charge is -2.34. The van der Waals surface area contributed by atoms with E-state index in [4.69, 9.17) is 5.26 Å². The summed E-state index contributed by atoms with van der Waals surface area (Å²) in [6.45, 7) is 3.83. The van der Waals surface area contributed by atoms with E-state index in [2.05, 4.69) is 38.9 Å². The van der Waals surface area contributed by atoms with Crippen LogP contribution in [0.25, 0.3) is 0 Å². The van der Waals surface area contributed by atoms with Gasteiger partial charge in [0, 0.05) is 34.0 Å². The number of amides is 1. The molecule has 5 heteroatoms. The number of anilines is 1. The normalized spacial score (nSPS) is 14.8. The number of benzene rings is 2. The van der Waals surface area contributed by atoms with E-state index in [0.29, 0.717) is 5.56 Å². The summed E-state index contributed by atoms with van der Waals surface area (Å²) in [5.41, 5.74) is 3.67. The van der Waals surface area contributed by atoms with Gasteiger partial charge in [0.25, 0.3) is 5.91 Å². The monoisotopic (exact) mass is 445 g/mol. The van der Waals surface area contributed by atoms with Gasteiger partial charge in [0.15, 0.2) is 0 Å². The maximum absolute atomic E-state index is 12.4. The average molecular weight is 445 g/mol. The number of nitrogens with zero attached hydrogens (tertiary/aromatic N) is 2. The molecule has 1 aliphatic heterocycles. The second-order valence-corrected chi connectivity index (χ2v) is 7.52. The van der Waals surface area contributed by atoms with Crippen molar-refractivity contribution in [1.29, 1.82) is 5.26 Å². The Morgan fingerprint density at radius 1 is 1.20 bits per heavy atom. The summed E-state index contributed by atoms with van der Waals surface area (Å²) in [4.78, 5) is 14.7. The fraction of sp³-hybridized carbons (Fsp3) is 0.300. The van der Waals surface area contributed by atoms with Crippen LogP contribution in [0.1, 0.15) is 34.3 Å².